The largest absolute Gasteiger partial charge is 0.494 e. The van der Waals surface area contributed by atoms with E-state index in [-0.39, 0.29) is 29.8 Å². The van der Waals surface area contributed by atoms with Crippen LogP contribution in [0.5, 0.6) is 17.2 Å². The molecule has 35 heavy (non-hydrogen) atoms. The maximum atomic E-state index is 13.1. The summed E-state index contributed by atoms with van der Waals surface area (Å²) in [6.45, 7) is 4.31. The van der Waals surface area contributed by atoms with Crippen molar-refractivity contribution in [1.29, 1.82) is 0 Å². The van der Waals surface area contributed by atoms with Crippen LogP contribution in [0.4, 0.5) is 5.82 Å². The van der Waals surface area contributed by atoms with Gasteiger partial charge < -0.3 is 19.9 Å². The quantitative estimate of drug-likeness (QED) is 0.298. The second-order valence-electron chi connectivity index (χ2n) is 7.34. The molecule has 0 aliphatic carbocycles. The highest BCUT2D eigenvalue weighted by atomic mass is 16.7. The molecule has 178 valence electrons. The van der Waals surface area contributed by atoms with Crippen LogP contribution in [0, 0.1) is 0 Å². The Labute approximate surface area is 198 Å². The SMILES string of the molecule is CCOc1cccc(/C(C)=N\NC(=O)c2nnn(-c3nonc3N)c2-c2ccc3c(c2)OCO3)c1. The summed E-state index contributed by atoms with van der Waals surface area (Å²) in [6, 6.07) is 12.5. The van der Waals surface area contributed by atoms with Gasteiger partial charge in [0.1, 0.15) is 11.4 Å². The molecule has 0 unspecified atom stereocenters. The summed E-state index contributed by atoms with van der Waals surface area (Å²) in [7, 11) is 0. The smallest absolute Gasteiger partial charge is 0.294 e. The molecular formula is C22H20N8O5. The fraction of sp³-hybridized carbons (Fsp3) is 0.182. The monoisotopic (exact) mass is 476 g/mol. The lowest BCUT2D eigenvalue weighted by molar-refractivity contribution is 0.0950. The number of nitrogens with two attached hydrogens (primary N) is 1. The zero-order chi connectivity index (χ0) is 24.4. The number of amides is 1. The Morgan fingerprint density at radius 1 is 1.20 bits per heavy atom. The van der Waals surface area contributed by atoms with Crippen molar-refractivity contribution in [3.05, 3.63) is 53.7 Å². The van der Waals surface area contributed by atoms with Gasteiger partial charge in [0.2, 0.25) is 18.4 Å². The molecule has 0 saturated heterocycles. The van der Waals surface area contributed by atoms with E-state index in [9.17, 15) is 4.79 Å². The first kappa shape index (κ1) is 21.9. The average molecular weight is 476 g/mol. The molecule has 0 atom stereocenters. The standard InChI is InChI=1S/C22H20N8O5/c1-3-32-15-6-4-5-13(9-15)12(2)24-26-22(31)18-19(14-7-8-16-17(10-14)34-11-33-16)30(29-25-18)21-20(23)27-35-28-21/h4-10H,3,11H2,1-2H3,(H2,23,27)(H,26,31)/b24-12-. The van der Waals surface area contributed by atoms with Crippen molar-refractivity contribution in [3.63, 3.8) is 0 Å². The Hall–Kier alpha value is -4.94. The van der Waals surface area contributed by atoms with Gasteiger partial charge in [-0.15, -0.1) is 5.10 Å². The van der Waals surface area contributed by atoms with Gasteiger partial charge in [0, 0.05) is 11.1 Å². The number of hydrazone groups is 1. The molecule has 2 aromatic carbocycles. The van der Waals surface area contributed by atoms with Gasteiger partial charge in [-0.2, -0.15) is 9.78 Å². The molecule has 0 saturated carbocycles. The average Bonchev–Trinajstić information content (AvgIpc) is 3.61. The molecule has 3 N–H and O–H groups in total. The fourth-order valence-corrected chi connectivity index (χ4v) is 3.45. The summed E-state index contributed by atoms with van der Waals surface area (Å²) in [5.41, 5.74) is 10.6. The summed E-state index contributed by atoms with van der Waals surface area (Å²) in [6.07, 6.45) is 0. The molecular weight excluding hydrogens is 456 g/mol. The number of carbonyl (C=O) groups excluding carboxylic acids is 1. The summed E-state index contributed by atoms with van der Waals surface area (Å²) in [5, 5.41) is 19.7. The molecule has 0 bridgehead atoms. The maximum absolute atomic E-state index is 13.1. The molecule has 0 fully saturated rings. The number of ether oxygens (including phenoxy) is 3. The van der Waals surface area contributed by atoms with E-state index in [1.807, 2.05) is 31.2 Å². The van der Waals surface area contributed by atoms with E-state index in [4.69, 9.17) is 24.6 Å². The molecule has 0 radical (unpaired) electrons. The van der Waals surface area contributed by atoms with Crippen LogP contribution in [0.1, 0.15) is 29.9 Å². The van der Waals surface area contributed by atoms with Crippen molar-refractivity contribution in [2.45, 2.75) is 13.8 Å². The number of nitrogen functional groups attached to an aromatic ring is 1. The second-order valence-corrected chi connectivity index (χ2v) is 7.34. The Morgan fingerprint density at radius 3 is 2.86 bits per heavy atom. The number of aromatic nitrogens is 5. The number of hydrogen-bond donors (Lipinski definition) is 2. The van der Waals surface area contributed by atoms with Crippen molar-refractivity contribution in [2.24, 2.45) is 5.10 Å². The van der Waals surface area contributed by atoms with Crippen molar-refractivity contribution in [2.75, 3.05) is 19.1 Å². The minimum atomic E-state index is -0.598. The van der Waals surface area contributed by atoms with E-state index < -0.39 is 5.91 Å². The summed E-state index contributed by atoms with van der Waals surface area (Å²) in [4.78, 5) is 13.1. The topological polar surface area (TPSA) is 165 Å². The first-order chi connectivity index (χ1) is 17.0. The summed E-state index contributed by atoms with van der Waals surface area (Å²) >= 11 is 0. The zero-order valence-corrected chi connectivity index (χ0v) is 18.8. The third-order valence-corrected chi connectivity index (χ3v) is 5.12. The van der Waals surface area contributed by atoms with Crippen molar-refractivity contribution < 1.29 is 23.6 Å². The van der Waals surface area contributed by atoms with Crippen LogP contribution in [-0.4, -0.2) is 50.3 Å². The van der Waals surface area contributed by atoms with Crippen molar-refractivity contribution >= 4 is 17.4 Å². The zero-order valence-electron chi connectivity index (χ0n) is 18.8. The third kappa shape index (κ3) is 4.21. The summed E-state index contributed by atoms with van der Waals surface area (Å²) in [5.74, 6) is 1.26. The minimum absolute atomic E-state index is 0.0214. The predicted molar refractivity (Wildman–Crippen MR) is 122 cm³/mol. The Kier molecular flexibility index (Phi) is 5.71. The summed E-state index contributed by atoms with van der Waals surface area (Å²) < 4.78 is 22.3. The molecule has 4 aromatic rings. The molecule has 13 nitrogen and oxygen atoms in total. The van der Waals surface area contributed by atoms with Gasteiger partial charge in [-0.25, -0.2) is 10.1 Å². The van der Waals surface area contributed by atoms with Crippen LogP contribution in [0.25, 0.3) is 17.1 Å². The molecule has 1 aliphatic heterocycles. The van der Waals surface area contributed by atoms with Crippen LogP contribution in [0.2, 0.25) is 0 Å². The lowest BCUT2D eigenvalue weighted by atomic mass is 10.1. The molecule has 2 aromatic heterocycles. The van der Waals surface area contributed by atoms with Crippen LogP contribution in [0.3, 0.4) is 0 Å². The normalized spacial score (nSPS) is 12.6. The molecule has 3 heterocycles. The van der Waals surface area contributed by atoms with Gasteiger partial charge in [0.15, 0.2) is 17.2 Å². The highest BCUT2D eigenvalue weighted by Crippen LogP contribution is 2.37. The van der Waals surface area contributed by atoms with Crippen LogP contribution >= 0.6 is 0 Å². The Morgan fingerprint density at radius 2 is 2.06 bits per heavy atom. The van der Waals surface area contributed by atoms with Crippen molar-refractivity contribution in [3.8, 4) is 34.3 Å². The van der Waals surface area contributed by atoms with E-state index in [2.05, 4.69) is 31.2 Å². The number of carbonyl (C=O) groups is 1. The molecule has 1 amide bonds. The maximum Gasteiger partial charge on any atom is 0.294 e. The predicted octanol–water partition coefficient (Wildman–Crippen LogP) is 2.18. The van der Waals surface area contributed by atoms with E-state index in [1.54, 1.807) is 25.1 Å². The number of rotatable bonds is 7. The number of fused-ring (bicyclic) bond motifs is 1. The Bertz CT molecular complexity index is 1430. The van der Waals surface area contributed by atoms with Crippen LogP contribution in [-0.2, 0) is 0 Å². The highest BCUT2D eigenvalue weighted by molar-refractivity contribution is 6.02. The van der Waals surface area contributed by atoms with Gasteiger partial charge >= 0.3 is 0 Å². The molecule has 13 heteroatoms. The van der Waals surface area contributed by atoms with E-state index in [0.717, 1.165) is 5.56 Å². The Balaban J connectivity index is 1.49. The number of benzene rings is 2. The van der Waals surface area contributed by atoms with Gasteiger partial charge in [0.25, 0.3) is 5.91 Å². The lowest BCUT2D eigenvalue weighted by Crippen LogP contribution is -2.21. The van der Waals surface area contributed by atoms with E-state index in [1.165, 1.54) is 4.68 Å². The fourth-order valence-electron chi connectivity index (χ4n) is 3.45. The number of nitrogens with zero attached hydrogens (tertiary/aromatic N) is 6. The van der Waals surface area contributed by atoms with Gasteiger partial charge in [-0.05, 0) is 54.5 Å². The highest BCUT2D eigenvalue weighted by Gasteiger charge is 2.27. The third-order valence-electron chi connectivity index (χ3n) is 5.12. The van der Waals surface area contributed by atoms with Gasteiger partial charge in [-0.1, -0.05) is 17.3 Å². The molecule has 0 spiro atoms. The van der Waals surface area contributed by atoms with Crippen LogP contribution < -0.4 is 25.4 Å². The van der Waals surface area contributed by atoms with Gasteiger partial charge in [-0.3, -0.25) is 4.79 Å². The second kappa shape index (κ2) is 9.13. The first-order valence-corrected chi connectivity index (χ1v) is 10.6. The lowest BCUT2D eigenvalue weighted by Gasteiger charge is -2.08. The number of nitrogens with one attached hydrogen (secondary N) is 1. The number of anilines is 1. The first-order valence-electron chi connectivity index (χ1n) is 10.6. The van der Waals surface area contributed by atoms with Crippen LogP contribution in [0.15, 0.2) is 52.2 Å². The number of hydrogen-bond acceptors (Lipinski definition) is 11. The minimum Gasteiger partial charge on any atom is -0.494 e. The van der Waals surface area contributed by atoms with Crippen molar-refractivity contribution in [1.82, 2.24) is 30.7 Å². The van der Waals surface area contributed by atoms with Gasteiger partial charge in [0.05, 0.1) is 12.3 Å². The molecule has 1 aliphatic rings. The van der Waals surface area contributed by atoms with E-state index in [0.29, 0.717) is 35.1 Å². The molecule has 5 rings (SSSR count). The van der Waals surface area contributed by atoms with E-state index >= 15 is 0 Å².